The molecular weight excluding hydrogens is 445 g/mol. The molecule has 2 aromatic carbocycles. The number of rotatable bonds is 6. The maximum atomic E-state index is 11.6. The van der Waals surface area contributed by atoms with Gasteiger partial charge in [0.1, 0.15) is 5.82 Å². The number of halogens is 2. The monoisotopic (exact) mass is 459 g/mol. The molecule has 4 rings (SSSR count). The number of hydrogen-bond acceptors (Lipinski definition) is 5. The fourth-order valence-electron chi connectivity index (χ4n) is 2.87. The number of H-pyrrole nitrogens is 2. The Labute approximate surface area is 185 Å². The third-order valence-corrected chi connectivity index (χ3v) is 5.74. The van der Waals surface area contributed by atoms with Crippen LogP contribution in [0.5, 0.6) is 0 Å². The molecule has 0 atom stereocenters. The quantitative estimate of drug-likeness (QED) is 0.427. The predicted molar refractivity (Wildman–Crippen MR) is 118 cm³/mol. The second-order valence-electron chi connectivity index (χ2n) is 6.42. The van der Waals surface area contributed by atoms with Gasteiger partial charge in [-0.05, 0) is 42.0 Å². The van der Waals surface area contributed by atoms with Crippen molar-refractivity contribution in [3.8, 4) is 5.69 Å². The van der Waals surface area contributed by atoms with E-state index >= 15 is 0 Å². The Morgan fingerprint density at radius 2 is 1.57 bits per heavy atom. The lowest BCUT2D eigenvalue weighted by Gasteiger charge is -2.10. The molecule has 0 unspecified atom stereocenters. The maximum absolute atomic E-state index is 11.6. The first-order valence-corrected chi connectivity index (χ1v) is 10.6. The number of thioether (sulfide) groups is 1. The molecule has 2 heterocycles. The van der Waals surface area contributed by atoms with E-state index in [0.717, 1.165) is 11.3 Å². The van der Waals surface area contributed by atoms with E-state index in [9.17, 15) is 9.59 Å². The minimum Gasteiger partial charge on any atom is -0.311 e. The highest BCUT2D eigenvalue weighted by atomic mass is 35.5. The molecule has 0 aliphatic carbocycles. The van der Waals surface area contributed by atoms with E-state index in [1.807, 2.05) is 41.0 Å². The summed E-state index contributed by atoms with van der Waals surface area (Å²) in [6.45, 7) is 0. The van der Waals surface area contributed by atoms with Crippen molar-refractivity contribution in [2.45, 2.75) is 17.3 Å². The van der Waals surface area contributed by atoms with Gasteiger partial charge < -0.3 is 4.98 Å². The molecule has 2 aromatic heterocycles. The molecule has 30 heavy (non-hydrogen) atoms. The number of benzene rings is 2. The normalized spacial score (nSPS) is 11.0. The molecular formula is C20H15Cl2N5O2S. The van der Waals surface area contributed by atoms with E-state index in [4.69, 9.17) is 23.2 Å². The average molecular weight is 460 g/mol. The third-order valence-electron chi connectivity index (χ3n) is 4.23. The van der Waals surface area contributed by atoms with Crippen molar-refractivity contribution >= 4 is 35.0 Å². The van der Waals surface area contributed by atoms with Crippen molar-refractivity contribution < 1.29 is 0 Å². The summed E-state index contributed by atoms with van der Waals surface area (Å²) >= 11 is 13.5. The first-order valence-electron chi connectivity index (χ1n) is 8.88. The fraction of sp³-hybridized carbons (Fsp3) is 0.100. The van der Waals surface area contributed by atoms with E-state index in [0.29, 0.717) is 32.5 Å². The van der Waals surface area contributed by atoms with E-state index in [-0.39, 0.29) is 6.42 Å². The van der Waals surface area contributed by atoms with Gasteiger partial charge in [0.25, 0.3) is 5.56 Å². The second kappa shape index (κ2) is 8.91. The van der Waals surface area contributed by atoms with Crippen molar-refractivity contribution in [2.75, 3.05) is 0 Å². The van der Waals surface area contributed by atoms with E-state index in [1.54, 1.807) is 12.1 Å². The van der Waals surface area contributed by atoms with Gasteiger partial charge >= 0.3 is 5.69 Å². The summed E-state index contributed by atoms with van der Waals surface area (Å²) in [5, 5.41) is 10.6. The van der Waals surface area contributed by atoms with Crippen LogP contribution in [0.2, 0.25) is 10.0 Å². The van der Waals surface area contributed by atoms with Gasteiger partial charge in [-0.15, -0.1) is 10.2 Å². The molecule has 2 N–H and O–H groups in total. The summed E-state index contributed by atoms with van der Waals surface area (Å²) in [6, 6.07) is 16.2. The van der Waals surface area contributed by atoms with Crippen LogP contribution >= 0.6 is 35.0 Å². The Morgan fingerprint density at radius 1 is 0.900 bits per heavy atom. The molecule has 0 saturated carbocycles. The van der Waals surface area contributed by atoms with Crippen LogP contribution in [0.4, 0.5) is 0 Å². The fourth-order valence-corrected chi connectivity index (χ4v) is 4.05. The standard InChI is InChI=1S/C20H15Cl2N5O2S/c21-13-3-1-12(2-4-13)11-30-20-26-25-17(9-15-10-18(28)24-19(29)23-15)27(20)16-7-5-14(22)6-8-16/h1-8,10H,9,11H2,(H2,23,24,28,29). The molecule has 152 valence electrons. The maximum Gasteiger partial charge on any atom is 0.325 e. The van der Waals surface area contributed by atoms with Gasteiger partial charge in [0.2, 0.25) is 0 Å². The van der Waals surface area contributed by atoms with Gasteiger partial charge in [-0.25, -0.2) is 4.79 Å². The van der Waals surface area contributed by atoms with Crippen LogP contribution in [0, 0.1) is 0 Å². The lowest BCUT2D eigenvalue weighted by Crippen LogP contribution is -2.23. The van der Waals surface area contributed by atoms with Crippen molar-refractivity contribution in [1.29, 1.82) is 0 Å². The highest BCUT2D eigenvalue weighted by Gasteiger charge is 2.16. The zero-order chi connectivity index (χ0) is 21.1. The van der Waals surface area contributed by atoms with Crippen LogP contribution < -0.4 is 11.2 Å². The van der Waals surface area contributed by atoms with Gasteiger partial charge in [-0.1, -0.05) is 47.1 Å². The van der Waals surface area contributed by atoms with Crippen molar-refractivity contribution in [2.24, 2.45) is 0 Å². The van der Waals surface area contributed by atoms with Crippen molar-refractivity contribution in [3.63, 3.8) is 0 Å². The average Bonchev–Trinajstić information content (AvgIpc) is 3.10. The summed E-state index contributed by atoms with van der Waals surface area (Å²) in [6.07, 6.45) is 0.232. The second-order valence-corrected chi connectivity index (χ2v) is 8.23. The van der Waals surface area contributed by atoms with Gasteiger partial charge in [0.05, 0.1) is 0 Å². The highest BCUT2D eigenvalue weighted by Crippen LogP contribution is 2.27. The number of nitrogens with zero attached hydrogens (tertiary/aromatic N) is 3. The zero-order valence-corrected chi connectivity index (χ0v) is 17.8. The van der Waals surface area contributed by atoms with Gasteiger partial charge in [0.15, 0.2) is 5.16 Å². The van der Waals surface area contributed by atoms with E-state index in [1.165, 1.54) is 17.8 Å². The molecule has 7 nitrogen and oxygen atoms in total. The van der Waals surface area contributed by atoms with E-state index < -0.39 is 11.2 Å². The Bertz CT molecular complexity index is 1250. The van der Waals surface area contributed by atoms with Gasteiger partial charge in [-0.3, -0.25) is 14.3 Å². The van der Waals surface area contributed by atoms with Crippen LogP contribution in [0.25, 0.3) is 5.69 Å². The number of nitrogens with one attached hydrogen (secondary N) is 2. The summed E-state index contributed by atoms with van der Waals surface area (Å²) in [5.74, 6) is 1.25. The molecule has 0 bridgehead atoms. The molecule has 0 spiro atoms. The predicted octanol–water partition coefficient (Wildman–Crippen LogP) is 3.83. The summed E-state index contributed by atoms with van der Waals surface area (Å²) in [7, 11) is 0. The highest BCUT2D eigenvalue weighted by molar-refractivity contribution is 7.98. The molecule has 4 aromatic rings. The number of aromatic amines is 2. The van der Waals surface area contributed by atoms with Crippen LogP contribution in [-0.2, 0) is 12.2 Å². The van der Waals surface area contributed by atoms with Gasteiger partial charge in [0, 0.05) is 39.7 Å². The Hall–Kier alpha value is -2.81. The molecule has 0 saturated heterocycles. The van der Waals surface area contributed by atoms with Crippen LogP contribution in [0.1, 0.15) is 17.1 Å². The van der Waals surface area contributed by atoms with Crippen LogP contribution in [0.15, 0.2) is 69.3 Å². The van der Waals surface area contributed by atoms with Crippen LogP contribution in [-0.4, -0.2) is 24.7 Å². The van der Waals surface area contributed by atoms with Crippen molar-refractivity contribution in [1.82, 2.24) is 24.7 Å². The summed E-state index contributed by atoms with van der Waals surface area (Å²) in [4.78, 5) is 28.0. The number of hydrogen-bond donors (Lipinski definition) is 2. The minimum absolute atomic E-state index is 0.232. The lowest BCUT2D eigenvalue weighted by atomic mass is 10.2. The first kappa shape index (κ1) is 20.5. The van der Waals surface area contributed by atoms with E-state index in [2.05, 4.69) is 20.2 Å². The molecule has 0 fully saturated rings. The summed E-state index contributed by atoms with van der Waals surface area (Å²) in [5.41, 5.74) is 1.33. The Morgan fingerprint density at radius 3 is 2.23 bits per heavy atom. The third kappa shape index (κ3) is 4.84. The molecule has 0 aliphatic heterocycles. The minimum atomic E-state index is -0.563. The van der Waals surface area contributed by atoms with Crippen molar-refractivity contribution in [3.05, 3.63) is 103 Å². The summed E-state index contributed by atoms with van der Waals surface area (Å²) < 4.78 is 1.89. The smallest absolute Gasteiger partial charge is 0.311 e. The number of aromatic nitrogens is 5. The molecule has 0 amide bonds. The lowest BCUT2D eigenvalue weighted by molar-refractivity contribution is 0.829. The molecule has 0 radical (unpaired) electrons. The zero-order valence-electron chi connectivity index (χ0n) is 15.4. The topological polar surface area (TPSA) is 96.4 Å². The van der Waals surface area contributed by atoms with Crippen LogP contribution in [0.3, 0.4) is 0 Å². The SMILES string of the molecule is O=c1cc(Cc2nnc(SCc3ccc(Cl)cc3)n2-c2ccc(Cl)cc2)[nH]c(=O)[nH]1. The first-order chi connectivity index (χ1) is 14.5. The largest absolute Gasteiger partial charge is 0.325 e. The molecule has 0 aliphatic rings. The molecule has 10 heteroatoms. The Kier molecular flexibility index (Phi) is 6.08. The van der Waals surface area contributed by atoms with Gasteiger partial charge in [-0.2, -0.15) is 0 Å². The Balaban J connectivity index is 1.69.